The fourth-order valence-electron chi connectivity index (χ4n) is 0.978. The van der Waals surface area contributed by atoms with E-state index in [1.54, 1.807) is 11.3 Å². The number of nitrogens with one attached hydrogen (secondary N) is 1. The molecule has 0 amide bonds. The zero-order valence-corrected chi connectivity index (χ0v) is 8.32. The highest BCUT2D eigenvalue weighted by Gasteiger charge is 2.06. The molecular weight excluding hydrogens is 170 g/mol. The zero-order valence-electron chi connectivity index (χ0n) is 7.50. The summed E-state index contributed by atoms with van der Waals surface area (Å²) in [5.74, 6) is 0. The molecule has 1 atom stereocenters. The van der Waals surface area contributed by atoms with Crippen molar-refractivity contribution in [2.75, 3.05) is 13.1 Å². The first-order chi connectivity index (χ1) is 5.74. The Morgan fingerprint density at radius 3 is 3.00 bits per heavy atom. The van der Waals surface area contributed by atoms with Crippen molar-refractivity contribution in [2.24, 2.45) is 5.73 Å². The molecule has 0 bridgehead atoms. The number of hydrogen-bond acceptors (Lipinski definition) is 4. The van der Waals surface area contributed by atoms with Crippen molar-refractivity contribution in [2.45, 2.75) is 19.9 Å². The fourth-order valence-corrected chi connectivity index (χ4v) is 1.79. The minimum Gasteiger partial charge on any atom is -0.329 e. The third-order valence-electron chi connectivity index (χ3n) is 1.66. The quantitative estimate of drug-likeness (QED) is 0.737. The van der Waals surface area contributed by atoms with Crippen LogP contribution in [0.2, 0.25) is 0 Å². The van der Waals surface area contributed by atoms with Gasteiger partial charge in [0.2, 0.25) is 0 Å². The summed E-state index contributed by atoms with van der Waals surface area (Å²) in [4.78, 5) is 5.47. The van der Waals surface area contributed by atoms with Crippen LogP contribution in [-0.2, 0) is 0 Å². The molecule has 1 aromatic heterocycles. The second kappa shape index (κ2) is 4.54. The van der Waals surface area contributed by atoms with E-state index in [0.29, 0.717) is 12.6 Å². The van der Waals surface area contributed by atoms with Crippen LogP contribution in [0.1, 0.15) is 22.9 Å². The summed E-state index contributed by atoms with van der Waals surface area (Å²) in [5.41, 5.74) is 5.39. The van der Waals surface area contributed by atoms with Gasteiger partial charge < -0.3 is 11.1 Å². The van der Waals surface area contributed by atoms with Gasteiger partial charge in [0, 0.05) is 30.2 Å². The number of hydrogen-bond donors (Lipinski definition) is 2. The highest BCUT2D eigenvalue weighted by Crippen LogP contribution is 2.19. The van der Waals surface area contributed by atoms with Crippen LogP contribution in [0.25, 0.3) is 0 Å². The molecule has 0 aliphatic heterocycles. The first-order valence-corrected chi connectivity index (χ1v) is 4.91. The summed E-state index contributed by atoms with van der Waals surface area (Å²) in [7, 11) is 0. The molecule has 1 heterocycles. The average Bonchev–Trinajstić information content (AvgIpc) is 2.47. The number of rotatable bonds is 4. The Labute approximate surface area is 77.0 Å². The second-order valence-corrected chi connectivity index (χ2v) is 4.01. The van der Waals surface area contributed by atoms with Crippen LogP contribution < -0.4 is 11.1 Å². The molecule has 12 heavy (non-hydrogen) atoms. The van der Waals surface area contributed by atoms with Crippen molar-refractivity contribution in [3.05, 3.63) is 16.1 Å². The van der Waals surface area contributed by atoms with E-state index in [-0.39, 0.29) is 0 Å². The van der Waals surface area contributed by atoms with Crippen LogP contribution in [0.4, 0.5) is 0 Å². The van der Waals surface area contributed by atoms with Crippen LogP contribution in [0.15, 0.2) is 6.20 Å². The Morgan fingerprint density at radius 2 is 2.50 bits per heavy atom. The fraction of sp³-hybridized carbons (Fsp3) is 0.625. The number of nitrogens with zero attached hydrogens (tertiary/aromatic N) is 1. The maximum Gasteiger partial charge on any atom is 0.0897 e. The standard InChI is InChI=1S/C8H15N3S/c1-6(10-4-3-9)8-5-11-7(2)12-8/h5-6,10H,3-4,9H2,1-2H3. The Morgan fingerprint density at radius 1 is 1.75 bits per heavy atom. The van der Waals surface area contributed by atoms with Gasteiger partial charge >= 0.3 is 0 Å². The summed E-state index contributed by atoms with van der Waals surface area (Å²) in [6, 6.07) is 0.375. The minimum absolute atomic E-state index is 0.375. The second-order valence-electron chi connectivity index (χ2n) is 2.75. The Balaban J connectivity index is 2.47. The SMILES string of the molecule is Cc1ncc(C(C)NCCN)s1. The van der Waals surface area contributed by atoms with Gasteiger partial charge in [0.15, 0.2) is 0 Å². The van der Waals surface area contributed by atoms with Gasteiger partial charge in [-0.3, -0.25) is 0 Å². The summed E-state index contributed by atoms with van der Waals surface area (Å²) >= 11 is 1.73. The van der Waals surface area contributed by atoms with E-state index in [1.807, 2.05) is 13.1 Å². The number of aromatic nitrogens is 1. The first-order valence-electron chi connectivity index (χ1n) is 4.10. The van der Waals surface area contributed by atoms with Gasteiger partial charge in [0.25, 0.3) is 0 Å². The molecule has 0 saturated carbocycles. The number of aryl methyl sites for hydroxylation is 1. The number of thiazole rings is 1. The Kier molecular flexibility index (Phi) is 3.65. The lowest BCUT2D eigenvalue weighted by molar-refractivity contribution is 0.589. The summed E-state index contributed by atoms with van der Waals surface area (Å²) in [5, 5.41) is 4.42. The van der Waals surface area contributed by atoms with Crippen LogP contribution in [-0.4, -0.2) is 18.1 Å². The smallest absolute Gasteiger partial charge is 0.0897 e. The van der Waals surface area contributed by atoms with E-state index in [1.165, 1.54) is 4.88 Å². The van der Waals surface area contributed by atoms with E-state index >= 15 is 0 Å². The van der Waals surface area contributed by atoms with E-state index in [9.17, 15) is 0 Å². The Hall–Kier alpha value is -0.450. The predicted octanol–water partition coefficient (Wildman–Crippen LogP) is 1.06. The van der Waals surface area contributed by atoms with Crippen LogP contribution >= 0.6 is 11.3 Å². The summed E-state index contributed by atoms with van der Waals surface area (Å²) in [6.45, 7) is 5.69. The molecule has 0 fully saturated rings. The van der Waals surface area contributed by atoms with Gasteiger partial charge in [-0.2, -0.15) is 0 Å². The summed E-state index contributed by atoms with van der Waals surface area (Å²) < 4.78 is 0. The minimum atomic E-state index is 0.375. The van der Waals surface area contributed by atoms with Crippen molar-refractivity contribution in [1.29, 1.82) is 0 Å². The van der Waals surface area contributed by atoms with Crippen LogP contribution in [0, 0.1) is 6.92 Å². The van der Waals surface area contributed by atoms with Crippen molar-refractivity contribution in [3.63, 3.8) is 0 Å². The lowest BCUT2D eigenvalue weighted by atomic mass is 10.3. The lowest BCUT2D eigenvalue weighted by Gasteiger charge is -2.09. The molecule has 1 rings (SSSR count). The molecule has 0 aliphatic rings. The first kappa shape index (κ1) is 9.64. The molecule has 0 aliphatic carbocycles. The molecule has 3 N–H and O–H groups in total. The molecule has 0 saturated heterocycles. The molecule has 0 aromatic carbocycles. The van der Waals surface area contributed by atoms with Crippen molar-refractivity contribution >= 4 is 11.3 Å². The lowest BCUT2D eigenvalue weighted by Crippen LogP contribution is -2.24. The predicted molar refractivity (Wildman–Crippen MR) is 52.3 cm³/mol. The summed E-state index contributed by atoms with van der Waals surface area (Å²) in [6.07, 6.45) is 1.92. The molecule has 0 spiro atoms. The third-order valence-corrected chi connectivity index (χ3v) is 2.76. The van der Waals surface area contributed by atoms with Crippen LogP contribution in [0.5, 0.6) is 0 Å². The topological polar surface area (TPSA) is 50.9 Å². The van der Waals surface area contributed by atoms with E-state index in [4.69, 9.17) is 5.73 Å². The maximum atomic E-state index is 5.39. The molecule has 0 radical (unpaired) electrons. The third kappa shape index (κ3) is 2.55. The van der Waals surface area contributed by atoms with E-state index in [0.717, 1.165) is 11.6 Å². The molecule has 3 nitrogen and oxygen atoms in total. The van der Waals surface area contributed by atoms with Crippen molar-refractivity contribution in [3.8, 4) is 0 Å². The zero-order chi connectivity index (χ0) is 8.97. The van der Waals surface area contributed by atoms with Gasteiger partial charge in [-0.25, -0.2) is 4.98 Å². The van der Waals surface area contributed by atoms with Crippen LogP contribution in [0.3, 0.4) is 0 Å². The van der Waals surface area contributed by atoms with Gasteiger partial charge in [-0.05, 0) is 13.8 Å². The van der Waals surface area contributed by atoms with Gasteiger partial charge in [0.05, 0.1) is 5.01 Å². The monoisotopic (exact) mass is 185 g/mol. The molecule has 1 aromatic rings. The average molecular weight is 185 g/mol. The Bertz CT molecular complexity index is 234. The van der Waals surface area contributed by atoms with E-state index in [2.05, 4.69) is 17.2 Å². The molecule has 68 valence electrons. The van der Waals surface area contributed by atoms with Gasteiger partial charge in [-0.15, -0.1) is 11.3 Å². The van der Waals surface area contributed by atoms with E-state index < -0.39 is 0 Å². The maximum absolute atomic E-state index is 5.39. The van der Waals surface area contributed by atoms with Gasteiger partial charge in [-0.1, -0.05) is 0 Å². The largest absolute Gasteiger partial charge is 0.329 e. The molecular formula is C8H15N3S. The molecule has 1 unspecified atom stereocenters. The van der Waals surface area contributed by atoms with Crippen molar-refractivity contribution in [1.82, 2.24) is 10.3 Å². The normalized spacial score (nSPS) is 13.2. The number of nitrogens with two attached hydrogens (primary N) is 1. The highest BCUT2D eigenvalue weighted by atomic mass is 32.1. The van der Waals surface area contributed by atoms with Gasteiger partial charge in [0.1, 0.15) is 0 Å². The molecule has 4 heteroatoms. The highest BCUT2D eigenvalue weighted by molar-refractivity contribution is 7.11. The van der Waals surface area contributed by atoms with Crippen molar-refractivity contribution < 1.29 is 0 Å².